The van der Waals surface area contributed by atoms with Crippen LogP contribution in [0, 0.1) is 0 Å². The Morgan fingerprint density at radius 3 is 3.12 bits per heavy atom. The zero-order valence-corrected chi connectivity index (χ0v) is 10.7. The van der Waals surface area contributed by atoms with Crippen molar-refractivity contribution in [3.05, 3.63) is 24.2 Å². The molecule has 0 spiro atoms. The van der Waals surface area contributed by atoms with Crippen LogP contribution in [0.1, 0.15) is 12.7 Å². The van der Waals surface area contributed by atoms with E-state index in [-0.39, 0.29) is 6.10 Å². The maximum absolute atomic E-state index is 5.87. The van der Waals surface area contributed by atoms with E-state index in [1.54, 1.807) is 6.26 Å². The summed E-state index contributed by atoms with van der Waals surface area (Å²) in [4.78, 5) is 2.32. The van der Waals surface area contributed by atoms with Crippen molar-refractivity contribution in [1.29, 1.82) is 0 Å². The number of rotatable bonds is 5. The van der Waals surface area contributed by atoms with Crippen LogP contribution >= 0.6 is 0 Å². The minimum absolute atomic E-state index is 0.249. The molecule has 4 nitrogen and oxygen atoms in total. The standard InChI is InChI=1S/C13H22N2O2/c1-3-14-12(9-11-5-4-7-16-11)13-10-15(2)6-8-17-13/h4-5,7,12-14H,3,6,8-10H2,1-2H3. The van der Waals surface area contributed by atoms with E-state index in [0.717, 1.165) is 38.4 Å². The molecular weight excluding hydrogens is 216 g/mol. The Hall–Kier alpha value is -0.840. The molecule has 0 bridgehead atoms. The van der Waals surface area contributed by atoms with Crippen molar-refractivity contribution in [1.82, 2.24) is 10.2 Å². The molecule has 0 radical (unpaired) electrons. The van der Waals surface area contributed by atoms with Crippen LogP contribution in [0.15, 0.2) is 22.8 Å². The predicted octanol–water partition coefficient (Wildman–Crippen LogP) is 1.13. The molecule has 0 aliphatic carbocycles. The Kier molecular flexibility index (Phi) is 4.59. The predicted molar refractivity (Wildman–Crippen MR) is 67.1 cm³/mol. The molecule has 4 heteroatoms. The lowest BCUT2D eigenvalue weighted by molar-refractivity contribution is -0.0388. The van der Waals surface area contributed by atoms with E-state index in [1.807, 2.05) is 12.1 Å². The second-order valence-corrected chi connectivity index (χ2v) is 4.62. The quantitative estimate of drug-likeness (QED) is 0.834. The van der Waals surface area contributed by atoms with E-state index >= 15 is 0 Å². The Morgan fingerprint density at radius 2 is 2.47 bits per heavy atom. The van der Waals surface area contributed by atoms with Gasteiger partial charge >= 0.3 is 0 Å². The van der Waals surface area contributed by atoms with Crippen LogP contribution in [-0.4, -0.2) is 50.3 Å². The van der Waals surface area contributed by atoms with Gasteiger partial charge in [0.1, 0.15) is 5.76 Å². The van der Waals surface area contributed by atoms with Gasteiger partial charge in [-0.3, -0.25) is 0 Å². The molecule has 1 saturated heterocycles. The maximum Gasteiger partial charge on any atom is 0.105 e. The number of morpholine rings is 1. The molecule has 0 amide bonds. The lowest BCUT2D eigenvalue weighted by Gasteiger charge is -2.35. The minimum atomic E-state index is 0.249. The molecule has 0 aromatic carbocycles. The second kappa shape index (κ2) is 6.19. The Morgan fingerprint density at radius 1 is 1.59 bits per heavy atom. The smallest absolute Gasteiger partial charge is 0.105 e. The highest BCUT2D eigenvalue weighted by Gasteiger charge is 2.26. The summed E-state index contributed by atoms with van der Waals surface area (Å²) in [5, 5.41) is 3.50. The Bertz CT molecular complexity index is 313. The molecule has 1 aliphatic heterocycles. The third-order valence-electron chi connectivity index (χ3n) is 3.21. The number of furan rings is 1. The zero-order valence-electron chi connectivity index (χ0n) is 10.7. The molecule has 17 heavy (non-hydrogen) atoms. The maximum atomic E-state index is 5.87. The summed E-state index contributed by atoms with van der Waals surface area (Å²) in [6, 6.07) is 4.29. The first-order valence-electron chi connectivity index (χ1n) is 6.35. The van der Waals surface area contributed by atoms with Gasteiger partial charge in [-0.25, -0.2) is 0 Å². The summed E-state index contributed by atoms with van der Waals surface area (Å²) in [6.07, 6.45) is 2.87. The minimum Gasteiger partial charge on any atom is -0.469 e. The van der Waals surface area contributed by atoms with Gasteiger partial charge in [0.25, 0.3) is 0 Å². The summed E-state index contributed by atoms with van der Waals surface area (Å²) in [7, 11) is 2.14. The van der Waals surface area contributed by atoms with Gasteiger partial charge in [0.15, 0.2) is 0 Å². The molecule has 1 aromatic rings. The molecule has 1 aliphatic rings. The molecule has 2 rings (SSSR count). The molecule has 96 valence electrons. The van der Waals surface area contributed by atoms with E-state index in [4.69, 9.17) is 9.15 Å². The fourth-order valence-corrected chi connectivity index (χ4v) is 2.30. The van der Waals surface area contributed by atoms with Crippen molar-refractivity contribution in [2.24, 2.45) is 0 Å². The van der Waals surface area contributed by atoms with E-state index < -0.39 is 0 Å². The number of ether oxygens (including phenoxy) is 1. The average molecular weight is 238 g/mol. The highest BCUT2D eigenvalue weighted by atomic mass is 16.5. The van der Waals surface area contributed by atoms with Crippen LogP contribution in [0.5, 0.6) is 0 Å². The van der Waals surface area contributed by atoms with Crippen LogP contribution in [0.4, 0.5) is 0 Å². The third kappa shape index (κ3) is 3.56. The number of hydrogen-bond donors (Lipinski definition) is 1. The lowest BCUT2D eigenvalue weighted by atomic mass is 10.0. The first-order valence-corrected chi connectivity index (χ1v) is 6.35. The van der Waals surface area contributed by atoms with Gasteiger partial charge in [-0.05, 0) is 25.7 Å². The molecular formula is C13H22N2O2. The molecule has 0 saturated carbocycles. The first-order chi connectivity index (χ1) is 8.29. The first kappa shape index (κ1) is 12.6. The molecule has 1 fully saturated rings. The van der Waals surface area contributed by atoms with Crippen molar-refractivity contribution in [2.45, 2.75) is 25.5 Å². The van der Waals surface area contributed by atoms with Crippen LogP contribution in [0.25, 0.3) is 0 Å². The number of nitrogens with one attached hydrogen (secondary N) is 1. The molecule has 2 atom stereocenters. The molecule has 1 N–H and O–H groups in total. The van der Waals surface area contributed by atoms with Gasteiger partial charge in [0, 0.05) is 25.6 Å². The van der Waals surface area contributed by atoms with Gasteiger partial charge in [-0.1, -0.05) is 6.92 Å². The fourth-order valence-electron chi connectivity index (χ4n) is 2.30. The SMILES string of the molecule is CCNC(Cc1ccco1)C1CN(C)CCO1. The van der Waals surface area contributed by atoms with Crippen LogP contribution in [0.3, 0.4) is 0 Å². The molecule has 2 heterocycles. The monoisotopic (exact) mass is 238 g/mol. The van der Waals surface area contributed by atoms with E-state index in [0.29, 0.717) is 6.04 Å². The third-order valence-corrected chi connectivity index (χ3v) is 3.21. The highest BCUT2D eigenvalue weighted by molar-refractivity contribution is 5.02. The van der Waals surface area contributed by atoms with Gasteiger partial charge in [-0.15, -0.1) is 0 Å². The normalized spacial score (nSPS) is 23.8. The van der Waals surface area contributed by atoms with Crippen LogP contribution < -0.4 is 5.32 Å². The number of likely N-dealkylation sites (N-methyl/N-ethyl adjacent to an activating group) is 2. The molecule has 2 unspecified atom stereocenters. The van der Waals surface area contributed by atoms with Crippen molar-refractivity contribution in [3.8, 4) is 0 Å². The van der Waals surface area contributed by atoms with Gasteiger partial charge < -0.3 is 19.4 Å². The van der Waals surface area contributed by atoms with Crippen LogP contribution in [0.2, 0.25) is 0 Å². The number of hydrogen-bond acceptors (Lipinski definition) is 4. The van der Waals surface area contributed by atoms with Crippen molar-refractivity contribution < 1.29 is 9.15 Å². The number of nitrogens with zero attached hydrogens (tertiary/aromatic N) is 1. The van der Waals surface area contributed by atoms with Crippen molar-refractivity contribution >= 4 is 0 Å². The van der Waals surface area contributed by atoms with E-state index in [1.165, 1.54) is 0 Å². The fraction of sp³-hybridized carbons (Fsp3) is 0.692. The zero-order chi connectivity index (χ0) is 12.1. The van der Waals surface area contributed by atoms with Gasteiger partial charge in [0.05, 0.1) is 19.0 Å². The average Bonchev–Trinajstić information content (AvgIpc) is 2.81. The summed E-state index contributed by atoms with van der Waals surface area (Å²) in [5.74, 6) is 1.02. The van der Waals surface area contributed by atoms with E-state index in [2.05, 4.69) is 24.2 Å². The summed E-state index contributed by atoms with van der Waals surface area (Å²) in [6.45, 7) is 5.91. The van der Waals surface area contributed by atoms with Gasteiger partial charge in [-0.2, -0.15) is 0 Å². The van der Waals surface area contributed by atoms with Crippen molar-refractivity contribution in [2.75, 3.05) is 33.3 Å². The highest BCUT2D eigenvalue weighted by Crippen LogP contribution is 2.13. The summed E-state index contributed by atoms with van der Waals surface area (Å²) >= 11 is 0. The largest absolute Gasteiger partial charge is 0.469 e. The van der Waals surface area contributed by atoms with Crippen LogP contribution in [-0.2, 0) is 11.2 Å². The summed E-state index contributed by atoms with van der Waals surface area (Å²) in [5.41, 5.74) is 0. The topological polar surface area (TPSA) is 37.6 Å². The van der Waals surface area contributed by atoms with Gasteiger partial charge in [0.2, 0.25) is 0 Å². The Balaban J connectivity index is 1.95. The lowest BCUT2D eigenvalue weighted by Crippen LogP contribution is -2.52. The molecule has 1 aromatic heterocycles. The Labute approximate surface area is 103 Å². The van der Waals surface area contributed by atoms with Crippen molar-refractivity contribution in [3.63, 3.8) is 0 Å². The summed E-state index contributed by atoms with van der Waals surface area (Å²) < 4.78 is 11.3. The van der Waals surface area contributed by atoms with E-state index in [9.17, 15) is 0 Å². The second-order valence-electron chi connectivity index (χ2n) is 4.62.